The predicted octanol–water partition coefficient (Wildman–Crippen LogP) is 2.81. The molecule has 1 aliphatic heterocycles. The first-order chi connectivity index (χ1) is 8.08. The first kappa shape index (κ1) is 12.6. The Morgan fingerprint density at radius 2 is 2.35 bits per heavy atom. The van der Waals surface area contributed by atoms with E-state index in [0.29, 0.717) is 0 Å². The molecule has 4 heteroatoms. The maximum Gasteiger partial charge on any atom is 0.320 e. The van der Waals surface area contributed by atoms with Crippen molar-refractivity contribution in [2.24, 2.45) is 0 Å². The number of hydrogen-bond acceptors (Lipinski definition) is 2. The van der Waals surface area contributed by atoms with Crippen molar-refractivity contribution >= 4 is 21.9 Å². The van der Waals surface area contributed by atoms with Gasteiger partial charge in [-0.1, -0.05) is 28.1 Å². The van der Waals surface area contributed by atoms with Gasteiger partial charge in [0, 0.05) is 11.0 Å². The molecule has 2 rings (SSSR count). The Morgan fingerprint density at radius 1 is 1.59 bits per heavy atom. The Labute approximate surface area is 110 Å². The normalized spacial score (nSPS) is 20.7. The van der Waals surface area contributed by atoms with Gasteiger partial charge in [-0.2, -0.15) is 0 Å². The topological polar surface area (TPSA) is 40.5 Å². The second kappa shape index (κ2) is 5.19. The van der Waals surface area contributed by atoms with Gasteiger partial charge in [0.1, 0.15) is 6.04 Å². The molecule has 0 aliphatic carbocycles. The predicted molar refractivity (Wildman–Crippen MR) is 69.9 cm³/mol. The van der Waals surface area contributed by atoms with Crippen molar-refractivity contribution in [2.45, 2.75) is 32.4 Å². The first-order valence-electron chi connectivity index (χ1n) is 5.80. The summed E-state index contributed by atoms with van der Waals surface area (Å²) < 4.78 is 1.08. The fraction of sp³-hybridized carbons (Fsp3) is 0.462. The van der Waals surface area contributed by atoms with Crippen LogP contribution in [0.3, 0.4) is 0 Å². The van der Waals surface area contributed by atoms with E-state index in [9.17, 15) is 4.79 Å². The highest BCUT2D eigenvalue weighted by Gasteiger charge is 2.30. The highest BCUT2D eigenvalue weighted by Crippen LogP contribution is 2.23. The summed E-state index contributed by atoms with van der Waals surface area (Å²) in [6.07, 6.45) is 1.74. The van der Waals surface area contributed by atoms with Crippen molar-refractivity contribution < 1.29 is 9.90 Å². The molecule has 1 atom stereocenters. The minimum absolute atomic E-state index is 0.310. The summed E-state index contributed by atoms with van der Waals surface area (Å²) in [6, 6.07) is 5.89. The van der Waals surface area contributed by atoms with E-state index >= 15 is 0 Å². The summed E-state index contributed by atoms with van der Waals surface area (Å²) in [4.78, 5) is 13.1. The fourth-order valence-electron chi connectivity index (χ4n) is 2.26. The zero-order valence-corrected chi connectivity index (χ0v) is 11.4. The van der Waals surface area contributed by atoms with E-state index in [2.05, 4.69) is 34.1 Å². The molecule has 0 saturated carbocycles. The van der Waals surface area contributed by atoms with E-state index in [1.165, 1.54) is 5.56 Å². The maximum atomic E-state index is 11.1. The fourth-order valence-corrected chi connectivity index (χ4v) is 2.69. The third-order valence-corrected chi connectivity index (χ3v) is 4.12. The van der Waals surface area contributed by atoms with Gasteiger partial charge in [0.15, 0.2) is 0 Å². The molecular formula is C13H16BrNO2. The van der Waals surface area contributed by atoms with Crippen LogP contribution in [0.25, 0.3) is 0 Å². The Kier molecular flexibility index (Phi) is 3.84. The van der Waals surface area contributed by atoms with Gasteiger partial charge in [0.25, 0.3) is 0 Å². The molecule has 0 radical (unpaired) electrons. The Balaban J connectivity index is 2.09. The van der Waals surface area contributed by atoms with Crippen molar-refractivity contribution in [2.75, 3.05) is 6.54 Å². The van der Waals surface area contributed by atoms with Crippen LogP contribution in [0.4, 0.5) is 0 Å². The molecule has 0 aromatic heterocycles. The lowest BCUT2D eigenvalue weighted by atomic mass is 10.1. The molecule has 1 aromatic rings. The second-order valence-corrected chi connectivity index (χ2v) is 5.40. The third-order valence-electron chi connectivity index (χ3n) is 3.27. The van der Waals surface area contributed by atoms with Gasteiger partial charge in [-0.15, -0.1) is 0 Å². The minimum Gasteiger partial charge on any atom is -0.480 e. The van der Waals surface area contributed by atoms with Crippen molar-refractivity contribution in [1.29, 1.82) is 0 Å². The van der Waals surface area contributed by atoms with E-state index in [1.54, 1.807) is 0 Å². The summed E-state index contributed by atoms with van der Waals surface area (Å²) in [5.74, 6) is -0.700. The van der Waals surface area contributed by atoms with E-state index in [4.69, 9.17) is 5.11 Å². The van der Waals surface area contributed by atoms with Crippen molar-refractivity contribution in [3.8, 4) is 0 Å². The van der Waals surface area contributed by atoms with Crippen LogP contribution in [0.2, 0.25) is 0 Å². The summed E-state index contributed by atoms with van der Waals surface area (Å²) in [5.41, 5.74) is 2.36. The number of likely N-dealkylation sites (tertiary alicyclic amines) is 1. The molecule has 0 bridgehead atoms. The van der Waals surface area contributed by atoms with Gasteiger partial charge in [-0.25, -0.2) is 0 Å². The van der Waals surface area contributed by atoms with E-state index < -0.39 is 5.97 Å². The van der Waals surface area contributed by atoms with Gasteiger partial charge in [0.2, 0.25) is 0 Å². The van der Waals surface area contributed by atoms with E-state index in [-0.39, 0.29) is 6.04 Å². The van der Waals surface area contributed by atoms with Gasteiger partial charge >= 0.3 is 5.97 Å². The number of carbonyl (C=O) groups is 1. The lowest BCUT2D eigenvalue weighted by Crippen LogP contribution is -2.35. The number of carboxylic acid groups (broad SMARTS) is 1. The first-order valence-corrected chi connectivity index (χ1v) is 6.59. The van der Waals surface area contributed by atoms with Crippen molar-refractivity contribution in [3.05, 3.63) is 33.8 Å². The van der Waals surface area contributed by atoms with E-state index in [1.807, 2.05) is 11.8 Å². The van der Waals surface area contributed by atoms with Crippen molar-refractivity contribution in [3.63, 3.8) is 0 Å². The molecule has 1 fully saturated rings. The number of aryl methyl sites for hydroxylation is 1. The van der Waals surface area contributed by atoms with Crippen LogP contribution in [-0.2, 0) is 11.3 Å². The second-order valence-electron chi connectivity index (χ2n) is 4.55. The number of rotatable bonds is 3. The molecule has 0 spiro atoms. The van der Waals surface area contributed by atoms with Gasteiger partial charge < -0.3 is 5.11 Å². The molecule has 0 amide bonds. The average Bonchev–Trinajstić information content (AvgIpc) is 2.72. The highest BCUT2D eigenvalue weighted by molar-refractivity contribution is 9.10. The zero-order chi connectivity index (χ0) is 12.4. The molecular weight excluding hydrogens is 282 g/mol. The van der Waals surface area contributed by atoms with Crippen LogP contribution in [-0.4, -0.2) is 28.6 Å². The lowest BCUT2D eigenvalue weighted by Gasteiger charge is -2.21. The lowest BCUT2D eigenvalue weighted by molar-refractivity contribution is -0.142. The molecule has 17 heavy (non-hydrogen) atoms. The molecule has 1 aliphatic rings. The monoisotopic (exact) mass is 297 g/mol. The number of carboxylic acids is 1. The van der Waals surface area contributed by atoms with Crippen LogP contribution in [0, 0.1) is 6.92 Å². The van der Waals surface area contributed by atoms with Crippen LogP contribution in [0.15, 0.2) is 22.7 Å². The molecule has 1 aromatic carbocycles. The highest BCUT2D eigenvalue weighted by atomic mass is 79.9. The standard InChI is InChI=1S/C13H16BrNO2/c1-9-4-5-10(7-11(9)14)8-15-6-2-3-12(15)13(16)17/h4-5,7,12H,2-3,6,8H2,1H3,(H,16,17)/t12-/m1/s1. The number of hydrogen-bond donors (Lipinski definition) is 1. The number of halogens is 1. The molecule has 1 N–H and O–H groups in total. The van der Waals surface area contributed by atoms with Gasteiger partial charge in [-0.05, 0) is 43.5 Å². The largest absolute Gasteiger partial charge is 0.480 e. The number of aliphatic carboxylic acids is 1. The van der Waals surface area contributed by atoms with Crippen LogP contribution in [0.1, 0.15) is 24.0 Å². The summed E-state index contributed by atoms with van der Waals surface area (Å²) >= 11 is 3.50. The molecule has 3 nitrogen and oxygen atoms in total. The Hall–Kier alpha value is -0.870. The molecule has 92 valence electrons. The SMILES string of the molecule is Cc1ccc(CN2CCC[C@@H]2C(=O)O)cc1Br. The zero-order valence-electron chi connectivity index (χ0n) is 9.82. The number of benzene rings is 1. The average molecular weight is 298 g/mol. The summed E-state index contributed by atoms with van der Waals surface area (Å²) in [6.45, 7) is 3.64. The Morgan fingerprint density at radius 3 is 3.00 bits per heavy atom. The molecule has 1 heterocycles. The molecule has 0 unspecified atom stereocenters. The van der Waals surface area contributed by atoms with Crippen molar-refractivity contribution in [1.82, 2.24) is 4.90 Å². The summed E-state index contributed by atoms with van der Waals surface area (Å²) in [7, 11) is 0. The minimum atomic E-state index is -0.700. The van der Waals surface area contributed by atoms with E-state index in [0.717, 1.165) is 36.0 Å². The quantitative estimate of drug-likeness (QED) is 0.933. The molecule has 1 saturated heterocycles. The smallest absolute Gasteiger partial charge is 0.320 e. The maximum absolute atomic E-state index is 11.1. The summed E-state index contributed by atoms with van der Waals surface area (Å²) in [5, 5.41) is 9.11. The Bertz CT molecular complexity index is 433. The van der Waals surface area contributed by atoms with Crippen LogP contribution >= 0.6 is 15.9 Å². The van der Waals surface area contributed by atoms with Crippen LogP contribution < -0.4 is 0 Å². The van der Waals surface area contributed by atoms with Gasteiger partial charge in [0.05, 0.1) is 0 Å². The van der Waals surface area contributed by atoms with Crippen LogP contribution in [0.5, 0.6) is 0 Å². The van der Waals surface area contributed by atoms with Gasteiger partial charge in [-0.3, -0.25) is 9.69 Å². The number of nitrogens with zero attached hydrogens (tertiary/aromatic N) is 1. The third kappa shape index (κ3) is 2.87.